The normalized spacial score (nSPS) is 11.3. The standard InChI is InChI=1S/C14H20Cl2O/c1-8(2)14-11(5-15)9(3)13(7-17)10(4)12(14)6-16/h8,17H,5-7H2,1-4H3. The minimum Gasteiger partial charge on any atom is -0.392 e. The molecule has 0 saturated carbocycles. The molecule has 96 valence electrons. The number of hydrogen-bond acceptors (Lipinski definition) is 1. The number of benzene rings is 1. The second kappa shape index (κ2) is 6.08. The maximum absolute atomic E-state index is 9.48. The summed E-state index contributed by atoms with van der Waals surface area (Å²) in [6.45, 7) is 8.40. The van der Waals surface area contributed by atoms with Crippen LogP contribution in [0.4, 0.5) is 0 Å². The molecule has 3 heteroatoms. The number of alkyl halides is 2. The Morgan fingerprint density at radius 1 is 0.941 bits per heavy atom. The third-order valence-corrected chi connectivity index (χ3v) is 4.00. The van der Waals surface area contributed by atoms with Crippen LogP contribution >= 0.6 is 23.2 Å². The van der Waals surface area contributed by atoms with Gasteiger partial charge in [-0.3, -0.25) is 0 Å². The van der Waals surface area contributed by atoms with Gasteiger partial charge in [0.2, 0.25) is 0 Å². The summed E-state index contributed by atoms with van der Waals surface area (Å²) < 4.78 is 0. The monoisotopic (exact) mass is 274 g/mol. The van der Waals surface area contributed by atoms with Crippen LogP contribution < -0.4 is 0 Å². The Balaban J connectivity index is 3.68. The number of aliphatic hydroxyl groups is 1. The summed E-state index contributed by atoms with van der Waals surface area (Å²) in [6.07, 6.45) is 0. The summed E-state index contributed by atoms with van der Waals surface area (Å²) in [5.41, 5.74) is 6.71. The highest BCUT2D eigenvalue weighted by molar-refractivity contribution is 6.18. The van der Waals surface area contributed by atoms with E-state index >= 15 is 0 Å². The van der Waals surface area contributed by atoms with Gasteiger partial charge in [-0.05, 0) is 53.1 Å². The van der Waals surface area contributed by atoms with E-state index in [-0.39, 0.29) is 6.61 Å². The van der Waals surface area contributed by atoms with Crippen LogP contribution in [-0.4, -0.2) is 5.11 Å². The van der Waals surface area contributed by atoms with E-state index in [1.54, 1.807) is 0 Å². The van der Waals surface area contributed by atoms with Crippen molar-refractivity contribution in [3.8, 4) is 0 Å². The zero-order valence-electron chi connectivity index (χ0n) is 10.9. The van der Waals surface area contributed by atoms with Crippen LogP contribution in [0.2, 0.25) is 0 Å². The number of hydrogen-bond donors (Lipinski definition) is 1. The lowest BCUT2D eigenvalue weighted by atomic mass is 9.84. The van der Waals surface area contributed by atoms with Crippen molar-refractivity contribution >= 4 is 23.2 Å². The van der Waals surface area contributed by atoms with Crippen molar-refractivity contribution in [3.05, 3.63) is 33.4 Å². The molecule has 1 nitrogen and oxygen atoms in total. The Morgan fingerprint density at radius 2 is 1.35 bits per heavy atom. The molecule has 0 aliphatic carbocycles. The zero-order valence-corrected chi connectivity index (χ0v) is 12.4. The predicted octanol–water partition coefficient (Wildman–Crippen LogP) is 4.40. The van der Waals surface area contributed by atoms with Crippen molar-refractivity contribution in [1.82, 2.24) is 0 Å². The molecule has 0 aromatic heterocycles. The van der Waals surface area contributed by atoms with Crippen LogP contribution in [0.1, 0.15) is 53.1 Å². The third-order valence-electron chi connectivity index (χ3n) is 3.46. The van der Waals surface area contributed by atoms with Gasteiger partial charge in [0.05, 0.1) is 6.61 Å². The maximum atomic E-state index is 9.48. The molecule has 0 unspecified atom stereocenters. The fraction of sp³-hybridized carbons (Fsp3) is 0.571. The SMILES string of the molecule is Cc1c(CO)c(C)c(CCl)c(C(C)C)c1CCl. The molecule has 1 N–H and O–H groups in total. The van der Waals surface area contributed by atoms with Crippen LogP contribution in [0.3, 0.4) is 0 Å². The van der Waals surface area contributed by atoms with E-state index in [2.05, 4.69) is 13.8 Å². The molecular formula is C14H20Cl2O. The van der Waals surface area contributed by atoms with Gasteiger partial charge in [0.1, 0.15) is 0 Å². The molecule has 0 spiro atoms. The fourth-order valence-electron chi connectivity index (χ4n) is 2.51. The Kier molecular flexibility index (Phi) is 5.30. The molecule has 0 saturated heterocycles. The van der Waals surface area contributed by atoms with Gasteiger partial charge in [-0.25, -0.2) is 0 Å². The third kappa shape index (κ3) is 2.62. The first-order chi connectivity index (χ1) is 7.99. The number of aliphatic hydroxyl groups excluding tert-OH is 1. The molecule has 17 heavy (non-hydrogen) atoms. The van der Waals surface area contributed by atoms with Crippen LogP contribution in [0.25, 0.3) is 0 Å². The van der Waals surface area contributed by atoms with E-state index in [9.17, 15) is 5.11 Å². The van der Waals surface area contributed by atoms with Gasteiger partial charge in [0, 0.05) is 11.8 Å². The van der Waals surface area contributed by atoms with Crippen molar-refractivity contribution < 1.29 is 5.11 Å². The second-order valence-corrected chi connectivity index (χ2v) is 5.21. The average Bonchev–Trinajstić information content (AvgIpc) is 2.28. The second-order valence-electron chi connectivity index (χ2n) is 4.68. The highest BCUT2D eigenvalue weighted by atomic mass is 35.5. The van der Waals surface area contributed by atoms with E-state index in [0.29, 0.717) is 17.7 Å². The molecule has 0 aliphatic rings. The molecule has 1 aromatic rings. The summed E-state index contributed by atoms with van der Waals surface area (Å²) in [5.74, 6) is 1.33. The lowest BCUT2D eigenvalue weighted by Gasteiger charge is -2.23. The van der Waals surface area contributed by atoms with Crippen LogP contribution in [-0.2, 0) is 18.4 Å². The van der Waals surface area contributed by atoms with E-state index in [0.717, 1.165) is 27.8 Å². The van der Waals surface area contributed by atoms with Gasteiger partial charge < -0.3 is 5.11 Å². The molecule has 1 aromatic carbocycles. The van der Waals surface area contributed by atoms with Crippen LogP contribution in [0.5, 0.6) is 0 Å². The van der Waals surface area contributed by atoms with E-state index < -0.39 is 0 Å². The lowest BCUT2D eigenvalue weighted by molar-refractivity contribution is 0.280. The Morgan fingerprint density at radius 3 is 1.59 bits per heavy atom. The van der Waals surface area contributed by atoms with E-state index in [1.165, 1.54) is 5.56 Å². The maximum Gasteiger partial charge on any atom is 0.0687 e. The highest BCUT2D eigenvalue weighted by Crippen LogP contribution is 2.34. The molecule has 0 atom stereocenters. The Bertz CT molecular complexity index is 380. The zero-order chi connectivity index (χ0) is 13.2. The molecule has 0 radical (unpaired) electrons. The molecule has 0 fully saturated rings. The topological polar surface area (TPSA) is 20.2 Å². The van der Waals surface area contributed by atoms with Crippen LogP contribution in [0.15, 0.2) is 0 Å². The summed E-state index contributed by atoms with van der Waals surface area (Å²) in [6, 6.07) is 0. The fourth-order valence-corrected chi connectivity index (χ4v) is 3.20. The van der Waals surface area contributed by atoms with Crippen molar-refractivity contribution in [2.75, 3.05) is 0 Å². The highest BCUT2D eigenvalue weighted by Gasteiger charge is 2.19. The smallest absolute Gasteiger partial charge is 0.0687 e. The molecule has 0 aliphatic heterocycles. The quantitative estimate of drug-likeness (QED) is 0.808. The van der Waals surface area contributed by atoms with Crippen molar-refractivity contribution in [1.29, 1.82) is 0 Å². The lowest BCUT2D eigenvalue weighted by Crippen LogP contribution is -2.09. The Hall–Kier alpha value is -0.240. The predicted molar refractivity (Wildman–Crippen MR) is 75.0 cm³/mol. The largest absolute Gasteiger partial charge is 0.392 e. The molecule has 0 bridgehead atoms. The summed E-state index contributed by atoms with van der Waals surface area (Å²) in [4.78, 5) is 0. The van der Waals surface area contributed by atoms with Gasteiger partial charge in [-0.2, -0.15) is 0 Å². The van der Waals surface area contributed by atoms with Crippen molar-refractivity contribution in [2.24, 2.45) is 0 Å². The molecule has 0 heterocycles. The first kappa shape index (κ1) is 14.8. The van der Waals surface area contributed by atoms with Gasteiger partial charge in [-0.1, -0.05) is 13.8 Å². The molecule has 0 amide bonds. The molecular weight excluding hydrogens is 255 g/mol. The first-order valence-corrected chi connectivity index (χ1v) is 6.92. The van der Waals surface area contributed by atoms with Crippen molar-refractivity contribution in [3.63, 3.8) is 0 Å². The number of halogens is 2. The minimum absolute atomic E-state index is 0.0455. The molecule has 1 rings (SSSR count). The van der Waals surface area contributed by atoms with E-state index in [4.69, 9.17) is 23.2 Å². The van der Waals surface area contributed by atoms with E-state index in [1.807, 2.05) is 13.8 Å². The van der Waals surface area contributed by atoms with Crippen molar-refractivity contribution in [2.45, 2.75) is 52.0 Å². The number of rotatable bonds is 4. The van der Waals surface area contributed by atoms with Gasteiger partial charge in [0.15, 0.2) is 0 Å². The average molecular weight is 275 g/mol. The Labute approximate surface area is 114 Å². The summed E-state index contributed by atoms with van der Waals surface area (Å²) in [5, 5.41) is 9.48. The summed E-state index contributed by atoms with van der Waals surface area (Å²) >= 11 is 12.1. The van der Waals surface area contributed by atoms with Crippen LogP contribution in [0, 0.1) is 13.8 Å². The minimum atomic E-state index is 0.0455. The van der Waals surface area contributed by atoms with Gasteiger partial charge in [-0.15, -0.1) is 23.2 Å². The summed E-state index contributed by atoms with van der Waals surface area (Å²) in [7, 11) is 0. The van der Waals surface area contributed by atoms with Gasteiger partial charge >= 0.3 is 0 Å². The van der Waals surface area contributed by atoms with Gasteiger partial charge in [0.25, 0.3) is 0 Å². The first-order valence-electron chi connectivity index (χ1n) is 5.85.